The smallest absolute Gasteiger partial charge is 0.387 e. The van der Waals surface area contributed by atoms with Gasteiger partial charge in [-0.25, -0.2) is 13.8 Å². The molecule has 1 aromatic heterocycles. The van der Waals surface area contributed by atoms with Crippen LogP contribution in [0.25, 0.3) is 0 Å². The number of hydrogen-bond donors (Lipinski definition) is 6. The number of phosphoric ester groups is 1. The minimum absolute atomic E-state index is 0. The Morgan fingerprint density at radius 1 is 1.44 bits per heavy atom. The Labute approximate surface area is 139 Å². The van der Waals surface area contributed by atoms with Crippen molar-refractivity contribution >= 4 is 7.82 Å². The van der Waals surface area contributed by atoms with Crippen molar-refractivity contribution in [1.82, 2.24) is 21.9 Å². The van der Waals surface area contributed by atoms with Crippen molar-refractivity contribution in [2.45, 2.75) is 24.6 Å². The van der Waals surface area contributed by atoms with Crippen LogP contribution in [0.15, 0.2) is 15.7 Å². The molecule has 10 N–H and O–H groups in total. The molecular formula is C10H17FN5O8P. The summed E-state index contributed by atoms with van der Waals surface area (Å²) in [4.78, 5) is 41.9. The molecule has 0 aliphatic carbocycles. The van der Waals surface area contributed by atoms with Gasteiger partial charge in [-0.15, -0.1) is 0 Å². The quantitative estimate of drug-likeness (QED) is 0.323. The van der Waals surface area contributed by atoms with Crippen LogP contribution in [0.5, 0.6) is 0 Å². The molecular weight excluding hydrogens is 368 g/mol. The van der Waals surface area contributed by atoms with Crippen LogP contribution >= 0.6 is 7.82 Å². The van der Waals surface area contributed by atoms with E-state index in [2.05, 4.69) is 4.52 Å². The molecule has 142 valence electrons. The average molecular weight is 385 g/mol. The van der Waals surface area contributed by atoms with E-state index < -0.39 is 56.0 Å². The monoisotopic (exact) mass is 385 g/mol. The van der Waals surface area contributed by atoms with E-state index in [1.807, 2.05) is 4.98 Å². The first-order valence-electron chi connectivity index (χ1n) is 6.07. The predicted octanol–water partition coefficient (Wildman–Crippen LogP) is -1.56. The van der Waals surface area contributed by atoms with Crippen LogP contribution in [0, 0.1) is 11.3 Å². The number of aliphatic hydroxyl groups is 1. The summed E-state index contributed by atoms with van der Waals surface area (Å²) in [5.41, 5.74) is -2.52. The van der Waals surface area contributed by atoms with Gasteiger partial charge >= 0.3 is 13.5 Å². The zero-order valence-corrected chi connectivity index (χ0v) is 13.5. The van der Waals surface area contributed by atoms with Crippen LogP contribution in [0.4, 0.5) is 4.39 Å². The van der Waals surface area contributed by atoms with E-state index in [0.29, 0.717) is 4.57 Å². The first kappa shape index (κ1) is 23.1. The number of nitrogens with one attached hydrogen (secondary N) is 1. The van der Waals surface area contributed by atoms with Crippen LogP contribution in [-0.4, -0.2) is 49.4 Å². The SMILES string of the molecule is N.N.N#Cc1cc(=O)[nH]c(=O)n1[C@@H]1O[C@H](COP(=O)(O)O)[C@@H](O)[C@H]1F. The van der Waals surface area contributed by atoms with E-state index >= 15 is 0 Å². The molecule has 1 saturated heterocycles. The summed E-state index contributed by atoms with van der Waals surface area (Å²) in [5, 5.41) is 18.6. The molecule has 0 bridgehead atoms. The zero-order valence-electron chi connectivity index (χ0n) is 12.6. The highest BCUT2D eigenvalue weighted by Gasteiger charge is 2.47. The Kier molecular flexibility index (Phi) is 7.77. The molecule has 0 unspecified atom stereocenters. The third kappa shape index (κ3) is 5.01. The largest absolute Gasteiger partial charge is 0.469 e. The van der Waals surface area contributed by atoms with Crippen LogP contribution in [0.1, 0.15) is 11.9 Å². The molecule has 4 atom stereocenters. The Hall–Kier alpha value is -1.95. The second kappa shape index (κ2) is 8.43. The number of ether oxygens (including phenoxy) is 1. The highest BCUT2D eigenvalue weighted by molar-refractivity contribution is 7.46. The van der Waals surface area contributed by atoms with Gasteiger partial charge in [0, 0.05) is 6.07 Å². The first-order valence-corrected chi connectivity index (χ1v) is 7.60. The molecule has 13 nitrogen and oxygen atoms in total. The van der Waals surface area contributed by atoms with Crippen molar-refractivity contribution in [3.8, 4) is 6.07 Å². The Balaban J connectivity index is 0.00000288. The predicted molar refractivity (Wildman–Crippen MR) is 78.9 cm³/mol. The topological polar surface area (TPSA) is 245 Å². The van der Waals surface area contributed by atoms with Crippen molar-refractivity contribution < 1.29 is 33.1 Å². The third-order valence-electron chi connectivity index (χ3n) is 3.05. The molecule has 0 aromatic carbocycles. The van der Waals surface area contributed by atoms with Crippen molar-refractivity contribution in [1.29, 1.82) is 5.26 Å². The van der Waals surface area contributed by atoms with Crippen molar-refractivity contribution in [2.75, 3.05) is 6.61 Å². The second-order valence-electron chi connectivity index (χ2n) is 4.59. The van der Waals surface area contributed by atoms with Crippen LogP contribution < -0.4 is 23.6 Å². The minimum atomic E-state index is -4.87. The standard InChI is InChI=1S/C10H11FN3O8P.2H3N/c11-7-8(16)5(3-21-23(18,19)20)22-9(7)14-4(2-12)1-6(15)13-10(14)17;;/h1,5,7-9,16H,3H2,(H,13,15,17)(H2,18,19,20);2*1H3/t5-,7-,8-,9-;;/m1../s1. The van der Waals surface area contributed by atoms with E-state index in [1.165, 1.54) is 6.07 Å². The number of alkyl halides is 1. The summed E-state index contributed by atoms with van der Waals surface area (Å²) in [6.07, 6.45) is -7.32. The van der Waals surface area contributed by atoms with Gasteiger partial charge in [0.15, 0.2) is 12.4 Å². The van der Waals surface area contributed by atoms with E-state index in [4.69, 9.17) is 19.8 Å². The molecule has 0 radical (unpaired) electrons. The number of phosphoric acid groups is 1. The number of aromatic nitrogens is 2. The lowest BCUT2D eigenvalue weighted by atomic mass is 10.1. The van der Waals surface area contributed by atoms with Gasteiger partial charge in [0.2, 0.25) is 0 Å². The number of H-pyrrole nitrogens is 1. The maximum atomic E-state index is 14.1. The zero-order chi connectivity index (χ0) is 17.4. The third-order valence-corrected chi connectivity index (χ3v) is 3.53. The highest BCUT2D eigenvalue weighted by atomic mass is 31.2. The van der Waals surface area contributed by atoms with Gasteiger partial charge in [-0.2, -0.15) is 5.26 Å². The summed E-state index contributed by atoms with van der Waals surface area (Å²) in [7, 11) is -4.87. The van der Waals surface area contributed by atoms with Crippen LogP contribution in [-0.2, 0) is 13.8 Å². The fraction of sp³-hybridized carbons (Fsp3) is 0.500. The summed E-state index contributed by atoms with van der Waals surface area (Å²) in [6, 6.07) is 2.26. The number of aromatic amines is 1. The lowest BCUT2D eigenvalue weighted by Gasteiger charge is -2.17. The number of hydrogen-bond acceptors (Lipinski definition) is 9. The Bertz CT molecular complexity index is 800. The molecule has 25 heavy (non-hydrogen) atoms. The molecule has 1 aliphatic heterocycles. The molecule has 0 spiro atoms. The van der Waals surface area contributed by atoms with Gasteiger partial charge in [-0.3, -0.25) is 18.9 Å². The molecule has 1 aromatic rings. The summed E-state index contributed by atoms with van der Waals surface area (Å²) < 4.78 is 34.4. The van der Waals surface area contributed by atoms with Gasteiger partial charge in [0.25, 0.3) is 5.56 Å². The van der Waals surface area contributed by atoms with Crippen LogP contribution in [0.3, 0.4) is 0 Å². The van der Waals surface area contributed by atoms with Crippen molar-refractivity contribution in [3.05, 3.63) is 32.6 Å². The number of rotatable bonds is 4. The molecule has 2 heterocycles. The fourth-order valence-corrected chi connectivity index (χ4v) is 2.40. The van der Waals surface area contributed by atoms with E-state index in [9.17, 15) is 23.7 Å². The fourth-order valence-electron chi connectivity index (χ4n) is 2.06. The maximum absolute atomic E-state index is 14.1. The molecule has 0 amide bonds. The Morgan fingerprint density at radius 2 is 2.04 bits per heavy atom. The number of nitrogens with zero attached hydrogens (tertiary/aromatic N) is 2. The summed E-state index contributed by atoms with van der Waals surface area (Å²) in [5.74, 6) is 0. The van der Waals surface area contributed by atoms with E-state index in [0.717, 1.165) is 6.07 Å². The highest BCUT2D eigenvalue weighted by Crippen LogP contribution is 2.38. The summed E-state index contributed by atoms with van der Waals surface area (Å²) >= 11 is 0. The van der Waals surface area contributed by atoms with Gasteiger partial charge in [-0.1, -0.05) is 0 Å². The molecule has 2 rings (SSSR count). The van der Waals surface area contributed by atoms with Crippen molar-refractivity contribution in [2.24, 2.45) is 0 Å². The van der Waals surface area contributed by atoms with Gasteiger partial charge in [-0.05, 0) is 0 Å². The number of halogens is 1. The van der Waals surface area contributed by atoms with Gasteiger partial charge < -0.3 is 31.9 Å². The first-order chi connectivity index (χ1) is 10.6. The normalized spacial score (nSPS) is 25.6. The average Bonchev–Trinajstić information content (AvgIpc) is 2.71. The lowest BCUT2D eigenvalue weighted by Crippen LogP contribution is -2.37. The molecule has 15 heteroatoms. The van der Waals surface area contributed by atoms with Crippen molar-refractivity contribution in [3.63, 3.8) is 0 Å². The minimum Gasteiger partial charge on any atom is -0.387 e. The molecule has 1 aliphatic rings. The van der Waals surface area contributed by atoms with Gasteiger partial charge in [0.1, 0.15) is 24.0 Å². The lowest BCUT2D eigenvalue weighted by molar-refractivity contribution is -0.0486. The van der Waals surface area contributed by atoms with E-state index in [1.54, 1.807) is 0 Å². The Morgan fingerprint density at radius 3 is 2.56 bits per heavy atom. The maximum Gasteiger partial charge on any atom is 0.469 e. The molecule has 1 fully saturated rings. The van der Waals surface area contributed by atoms with E-state index in [-0.39, 0.29) is 12.3 Å². The number of aliphatic hydroxyl groups excluding tert-OH is 1. The van der Waals surface area contributed by atoms with Gasteiger partial charge in [0.05, 0.1) is 6.61 Å². The van der Waals surface area contributed by atoms with Crippen LogP contribution in [0.2, 0.25) is 0 Å². The summed E-state index contributed by atoms with van der Waals surface area (Å²) in [6.45, 7) is -0.845. The second-order valence-corrected chi connectivity index (χ2v) is 5.83. The molecule has 0 saturated carbocycles. The number of nitriles is 1.